The van der Waals surface area contributed by atoms with E-state index in [4.69, 9.17) is 4.74 Å². The number of piperazine rings is 1. The van der Waals surface area contributed by atoms with Gasteiger partial charge in [-0.2, -0.15) is 0 Å². The zero-order chi connectivity index (χ0) is 13.5. The van der Waals surface area contributed by atoms with Crippen molar-refractivity contribution in [2.24, 2.45) is 0 Å². The van der Waals surface area contributed by atoms with Crippen LogP contribution >= 0.6 is 0 Å². The van der Waals surface area contributed by atoms with E-state index >= 15 is 0 Å². The number of hydrogen-bond acceptors (Lipinski definition) is 4. The molecule has 0 radical (unpaired) electrons. The molecule has 102 valence electrons. The second-order valence-corrected chi connectivity index (χ2v) is 6.31. The smallest absolute Gasteiger partial charge is 0.410 e. The number of carbonyl (C=O) groups excluding carboxylic acids is 2. The summed E-state index contributed by atoms with van der Waals surface area (Å²) in [5.41, 5.74) is -0.473. The highest BCUT2D eigenvalue weighted by Gasteiger charge is 2.40. The highest BCUT2D eigenvalue weighted by Crippen LogP contribution is 2.24. The average Bonchev–Trinajstić information content (AvgIpc) is 2.53. The van der Waals surface area contributed by atoms with Gasteiger partial charge in [0.15, 0.2) is 0 Å². The molecule has 5 nitrogen and oxygen atoms in total. The number of carbonyl (C=O) groups is 2. The summed E-state index contributed by atoms with van der Waals surface area (Å²) in [5.74, 6) is 0.276. The fourth-order valence-electron chi connectivity index (χ4n) is 2.63. The van der Waals surface area contributed by atoms with Crippen molar-refractivity contribution in [2.75, 3.05) is 19.6 Å². The van der Waals surface area contributed by atoms with Crippen LogP contribution in [0.15, 0.2) is 0 Å². The molecule has 2 atom stereocenters. The molecule has 0 aromatic rings. The number of nitrogens with zero attached hydrogens (tertiary/aromatic N) is 2. The lowest BCUT2D eigenvalue weighted by Gasteiger charge is -2.41. The predicted molar refractivity (Wildman–Crippen MR) is 67.4 cm³/mol. The molecule has 0 saturated carbocycles. The minimum Gasteiger partial charge on any atom is -0.444 e. The van der Waals surface area contributed by atoms with Crippen molar-refractivity contribution in [1.29, 1.82) is 0 Å². The van der Waals surface area contributed by atoms with E-state index in [1.54, 1.807) is 4.90 Å². The minimum atomic E-state index is -0.473. The summed E-state index contributed by atoms with van der Waals surface area (Å²) in [5, 5.41) is 0. The third-order valence-corrected chi connectivity index (χ3v) is 3.43. The molecule has 0 aromatic heterocycles. The molecule has 0 unspecified atom stereocenters. The average molecular weight is 254 g/mol. The normalized spacial score (nSPS) is 29.3. The van der Waals surface area contributed by atoms with Crippen molar-refractivity contribution in [1.82, 2.24) is 9.80 Å². The van der Waals surface area contributed by atoms with Crippen molar-refractivity contribution in [3.63, 3.8) is 0 Å². The maximum atomic E-state index is 12.1. The molecule has 1 amide bonds. The quantitative estimate of drug-likeness (QED) is 0.653. The van der Waals surface area contributed by atoms with Gasteiger partial charge in [0.1, 0.15) is 11.4 Å². The van der Waals surface area contributed by atoms with E-state index in [0.717, 1.165) is 6.54 Å². The number of ketones is 1. The Labute approximate surface area is 108 Å². The molecule has 5 heteroatoms. The van der Waals surface area contributed by atoms with Gasteiger partial charge in [-0.05, 0) is 27.7 Å². The molecule has 2 aliphatic heterocycles. The first kappa shape index (κ1) is 13.3. The van der Waals surface area contributed by atoms with Gasteiger partial charge in [-0.25, -0.2) is 4.79 Å². The summed E-state index contributed by atoms with van der Waals surface area (Å²) in [6.45, 7) is 9.50. The summed E-state index contributed by atoms with van der Waals surface area (Å²) in [7, 11) is 0. The Hall–Kier alpha value is -1.10. The molecule has 0 aliphatic carbocycles. The molecular formula is C13H22N2O3. The number of fused-ring (bicyclic) bond motifs is 1. The highest BCUT2D eigenvalue weighted by molar-refractivity contribution is 5.83. The molecule has 2 heterocycles. The zero-order valence-electron chi connectivity index (χ0n) is 11.6. The van der Waals surface area contributed by atoms with Crippen LogP contribution < -0.4 is 0 Å². The Bertz CT molecular complexity index is 362. The van der Waals surface area contributed by atoms with Gasteiger partial charge in [0.25, 0.3) is 0 Å². The van der Waals surface area contributed by atoms with E-state index in [1.807, 2.05) is 27.7 Å². The van der Waals surface area contributed by atoms with Crippen molar-refractivity contribution in [3.05, 3.63) is 0 Å². The van der Waals surface area contributed by atoms with Crippen molar-refractivity contribution in [3.8, 4) is 0 Å². The standard InChI is InChI=1S/C13H22N2O3/c1-9-6-14-8-11(16)5-10(14)7-15(9)12(17)18-13(2,3)4/h9-10H,5-8H2,1-4H3/t9-,10-/m0/s1. The number of Topliss-reactive ketones (excluding diaryl/α,β-unsaturated/α-hetero) is 1. The monoisotopic (exact) mass is 254 g/mol. The maximum Gasteiger partial charge on any atom is 0.410 e. The van der Waals surface area contributed by atoms with Gasteiger partial charge in [-0.3, -0.25) is 9.69 Å². The number of ether oxygens (including phenoxy) is 1. The molecule has 2 saturated heterocycles. The van der Waals surface area contributed by atoms with Gasteiger partial charge in [-0.15, -0.1) is 0 Å². The Kier molecular flexibility index (Phi) is 3.36. The minimum absolute atomic E-state index is 0.0991. The number of rotatable bonds is 0. The fraction of sp³-hybridized carbons (Fsp3) is 0.846. The Morgan fingerprint density at radius 3 is 2.61 bits per heavy atom. The van der Waals surface area contributed by atoms with Crippen LogP contribution in [0.1, 0.15) is 34.1 Å². The van der Waals surface area contributed by atoms with Crippen LogP contribution in [0.4, 0.5) is 4.79 Å². The van der Waals surface area contributed by atoms with Gasteiger partial charge in [0.2, 0.25) is 0 Å². The maximum absolute atomic E-state index is 12.1. The molecule has 0 bridgehead atoms. The van der Waals surface area contributed by atoms with E-state index in [0.29, 0.717) is 19.5 Å². The summed E-state index contributed by atoms with van der Waals surface area (Å²) in [6.07, 6.45) is 0.292. The molecule has 0 spiro atoms. The third-order valence-electron chi connectivity index (χ3n) is 3.43. The van der Waals surface area contributed by atoms with Gasteiger partial charge in [-0.1, -0.05) is 0 Å². The largest absolute Gasteiger partial charge is 0.444 e. The SMILES string of the molecule is C[C@H]1CN2CC(=O)C[C@H]2CN1C(=O)OC(C)(C)C. The summed E-state index contributed by atoms with van der Waals surface area (Å²) in [6, 6.07) is 0.281. The molecule has 0 N–H and O–H groups in total. The first-order valence-electron chi connectivity index (χ1n) is 6.51. The van der Waals surface area contributed by atoms with Crippen molar-refractivity contribution in [2.45, 2.75) is 51.8 Å². The molecule has 18 heavy (non-hydrogen) atoms. The zero-order valence-corrected chi connectivity index (χ0v) is 11.6. The molecule has 2 rings (SSSR count). The van der Waals surface area contributed by atoms with Gasteiger partial charge in [0, 0.05) is 31.6 Å². The first-order valence-corrected chi connectivity index (χ1v) is 6.51. The number of amides is 1. The lowest BCUT2D eigenvalue weighted by atomic mass is 10.1. The highest BCUT2D eigenvalue weighted by atomic mass is 16.6. The van der Waals surface area contributed by atoms with E-state index in [9.17, 15) is 9.59 Å². The van der Waals surface area contributed by atoms with Crippen LogP contribution in [-0.4, -0.2) is 59.0 Å². The summed E-state index contributed by atoms with van der Waals surface area (Å²) >= 11 is 0. The fourth-order valence-corrected chi connectivity index (χ4v) is 2.63. The molecular weight excluding hydrogens is 232 g/mol. The van der Waals surface area contributed by atoms with Crippen LogP contribution in [0.2, 0.25) is 0 Å². The van der Waals surface area contributed by atoms with Crippen LogP contribution in [0.3, 0.4) is 0 Å². The summed E-state index contributed by atoms with van der Waals surface area (Å²) in [4.78, 5) is 27.5. The third kappa shape index (κ3) is 2.83. The van der Waals surface area contributed by atoms with Crippen LogP contribution in [0.5, 0.6) is 0 Å². The Morgan fingerprint density at radius 2 is 2.00 bits per heavy atom. The lowest BCUT2D eigenvalue weighted by Crippen LogP contribution is -2.57. The predicted octanol–water partition coefficient (Wildman–Crippen LogP) is 1.27. The van der Waals surface area contributed by atoms with E-state index in [1.165, 1.54) is 0 Å². The van der Waals surface area contributed by atoms with Crippen molar-refractivity contribution >= 4 is 11.9 Å². The second-order valence-electron chi connectivity index (χ2n) is 6.31. The lowest BCUT2D eigenvalue weighted by molar-refractivity contribution is -0.116. The molecule has 0 aromatic carbocycles. The summed E-state index contributed by atoms with van der Waals surface area (Å²) < 4.78 is 5.41. The van der Waals surface area contributed by atoms with Crippen molar-refractivity contribution < 1.29 is 14.3 Å². The number of hydrogen-bond donors (Lipinski definition) is 0. The van der Waals surface area contributed by atoms with Gasteiger partial charge < -0.3 is 9.64 Å². The molecule has 2 aliphatic rings. The second kappa shape index (κ2) is 4.53. The molecule has 2 fully saturated rings. The van der Waals surface area contributed by atoms with Crippen LogP contribution in [0.25, 0.3) is 0 Å². The Balaban J connectivity index is 2.01. The van der Waals surface area contributed by atoms with Gasteiger partial charge >= 0.3 is 6.09 Å². The van der Waals surface area contributed by atoms with Crippen LogP contribution in [0, 0.1) is 0 Å². The van der Waals surface area contributed by atoms with E-state index in [-0.39, 0.29) is 24.0 Å². The van der Waals surface area contributed by atoms with Crippen LogP contribution in [-0.2, 0) is 9.53 Å². The first-order chi connectivity index (χ1) is 8.26. The van der Waals surface area contributed by atoms with Gasteiger partial charge in [0.05, 0.1) is 6.54 Å². The van der Waals surface area contributed by atoms with E-state index in [2.05, 4.69) is 4.90 Å². The van der Waals surface area contributed by atoms with E-state index < -0.39 is 5.60 Å². The Morgan fingerprint density at radius 1 is 1.33 bits per heavy atom. The topological polar surface area (TPSA) is 49.9 Å².